The Labute approximate surface area is 104 Å². The van der Waals surface area contributed by atoms with Crippen molar-refractivity contribution in [3.8, 4) is 0 Å². The fourth-order valence-corrected chi connectivity index (χ4v) is 2.24. The van der Waals surface area contributed by atoms with Crippen LogP contribution in [0.5, 0.6) is 0 Å². The molecule has 0 radical (unpaired) electrons. The first-order valence-electron chi connectivity index (χ1n) is 5.97. The molecule has 0 N–H and O–H groups in total. The summed E-state index contributed by atoms with van der Waals surface area (Å²) < 4.78 is 43.0. The van der Waals surface area contributed by atoms with E-state index in [1.54, 1.807) is 0 Å². The fourth-order valence-electron chi connectivity index (χ4n) is 2.24. The number of halogens is 2. The van der Waals surface area contributed by atoms with E-state index in [0.29, 0.717) is 25.4 Å². The van der Waals surface area contributed by atoms with Crippen molar-refractivity contribution in [1.29, 1.82) is 0 Å². The maximum Gasteiger partial charge on any atom is 0.312 e. The van der Waals surface area contributed by atoms with Gasteiger partial charge in [0.25, 0.3) is 0 Å². The van der Waals surface area contributed by atoms with Crippen LogP contribution in [0.25, 0.3) is 0 Å². The minimum absolute atomic E-state index is 0.111. The summed E-state index contributed by atoms with van der Waals surface area (Å²) in [5.74, 6) is -3.20. The molecule has 18 heavy (non-hydrogen) atoms. The molecule has 3 saturated heterocycles. The van der Waals surface area contributed by atoms with Crippen molar-refractivity contribution in [1.82, 2.24) is 0 Å². The third-order valence-electron chi connectivity index (χ3n) is 3.73. The molecule has 3 aliphatic heterocycles. The van der Waals surface area contributed by atoms with Crippen LogP contribution in [-0.4, -0.2) is 19.8 Å². The minimum Gasteiger partial charge on any atom is -0.323 e. The van der Waals surface area contributed by atoms with Gasteiger partial charge in [0.05, 0.1) is 19.8 Å². The van der Waals surface area contributed by atoms with Crippen LogP contribution in [0.4, 0.5) is 8.78 Å². The van der Waals surface area contributed by atoms with E-state index in [0.717, 1.165) is 18.6 Å². The van der Waals surface area contributed by atoms with Crippen LogP contribution in [-0.2, 0) is 20.2 Å². The smallest absolute Gasteiger partial charge is 0.312 e. The number of ether oxygens (including phenoxy) is 3. The van der Waals surface area contributed by atoms with Crippen LogP contribution in [0.15, 0.2) is 18.2 Å². The van der Waals surface area contributed by atoms with Gasteiger partial charge in [-0.3, -0.25) is 0 Å². The number of hydrogen-bond donors (Lipinski definition) is 0. The topological polar surface area (TPSA) is 27.7 Å². The molecular weight excluding hydrogens is 242 g/mol. The van der Waals surface area contributed by atoms with Crippen LogP contribution >= 0.6 is 0 Å². The highest BCUT2D eigenvalue weighted by molar-refractivity contribution is 5.22. The van der Waals surface area contributed by atoms with E-state index in [9.17, 15) is 8.78 Å². The Bertz CT molecular complexity index is 451. The van der Waals surface area contributed by atoms with Gasteiger partial charge < -0.3 is 14.2 Å². The summed E-state index contributed by atoms with van der Waals surface area (Å²) in [5, 5.41) is 0. The number of hydrogen-bond acceptors (Lipinski definition) is 3. The molecule has 0 aliphatic carbocycles. The van der Waals surface area contributed by atoms with Crippen LogP contribution in [0.2, 0.25) is 0 Å². The molecule has 3 heterocycles. The fraction of sp³-hybridized carbons (Fsp3) is 0.538. The van der Waals surface area contributed by atoms with Gasteiger partial charge in [0, 0.05) is 11.0 Å². The average Bonchev–Trinajstić information content (AvgIpc) is 2.44. The SMILES string of the molecule is CCC12COC(c3ccc(F)c(F)c3)(OC1)OC2. The van der Waals surface area contributed by atoms with Gasteiger partial charge in [0.1, 0.15) is 0 Å². The van der Waals surface area contributed by atoms with Crippen molar-refractivity contribution in [2.75, 3.05) is 19.8 Å². The molecule has 0 atom stereocenters. The Hall–Kier alpha value is -1.04. The molecule has 0 aromatic heterocycles. The second kappa shape index (κ2) is 3.98. The molecule has 3 fully saturated rings. The van der Waals surface area contributed by atoms with E-state index < -0.39 is 17.6 Å². The van der Waals surface area contributed by atoms with Crippen molar-refractivity contribution in [3.63, 3.8) is 0 Å². The number of rotatable bonds is 2. The quantitative estimate of drug-likeness (QED) is 0.814. The molecule has 0 saturated carbocycles. The molecule has 1 aromatic carbocycles. The van der Waals surface area contributed by atoms with Crippen molar-refractivity contribution in [2.24, 2.45) is 5.41 Å². The third-order valence-corrected chi connectivity index (χ3v) is 3.73. The normalized spacial score (nSPS) is 34.8. The van der Waals surface area contributed by atoms with Crippen molar-refractivity contribution >= 4 is 0 Å². The Morgan fingerprint density at radius 3 is 2.17 bits per heavy atom. The van der Waals surface area contributed by atoms with E-state index >= 15 is 0 Å². The third kappa shape index (κ3) is 1.66. The van der Waals surface area contributed by atoms with Crippen LogP contribution < -0.4 is 0 Å². The highest BCUT2D eigenvalue weighted by Crippen LogP contribution is 2.45. The Morgan fingerprint density at radius 2 is 1.67 bits per heavy atom. The van der Waals surface area contributed by atoms with E-state index in [2.05, 4.69) is 0 Å². The van der Waals surface area contributed by atoms with Crippen LogP contribution in [0.1, 0.15) is 18.9 Å². The lowest BCUT2D eigenvalue weighted by Gasteiger charge is -2.51. The summed E-state index contributed by atoms with van der Waals surface area (Å²) in [6.45, 7) is 3.56. The molecule has 2 bridgehead atoms. The van der Waals surface area contributed by atoms with Crippen molar-refractivity contribution < 1.29 is 23.0 Å². The first-order valence-corrected chi connectivity index (χ1v) is 5.97. The first kappa shape index (κ1) is 12.0. The predicted octanol–water partition coefficient (Wildman–Crippen LogP) is 2.55. The number of benzene rings is 1. The lowest BCUT2D eigenvalue weighted by Crippen LogP contribution is -2.58. The van der Waals surface area contributed by atoms with Gasteiger partial charge in [0.2, 0.25) is 0 Å². The lowest BCUT2D eigenvalue weighted by atomic mass is 9.85. The van der Waals surface area contributed by atoms with Crippen molar-refractivity contribution in [2.45, 2.75) is 19.3 Å². The molecule has 0 amide bonds. The molecule has 4 rings (SSSR count). The van der Waals surface area contributed by atoms with Gasteiger partial charge in [-0.15, -0.1) is 0 Å². The predicted molar refractivity (Wildman–Crippen MR) is 58.6 cm³/mol. The largest absolute Gasteiger partial charge is 0.323 e. The molecule has 0 spiro atoms. The van der Waals surface area contributed by atoms with E-state index in [1.165, 1.54) is 6.07 Å². The Kier molecular flexibility index (Phi) is 2.66. The van der Waals surface area contributed by atoms with E-state index in [1.807, 2.05) is 6.92 Å². The summed E-state index contributed by atoms with van der Waals surface area (Å²) in [7, 11) is 0. The minimum atomic E-state index is -1.37. The molecule has 98 valence electrons. The molecule has 3 aliphatic rings. The summed E-state index contributed by atoms with van der Waals surface area (Å²) in [4.78, 5) is 0. The van der Waals surface area contributed by atoms with Gasteiger partial charge in [-0.25, -0.2) is 8.78 Å². The summed E-state index contributed by atoms with van der Waals surface area (Å²) in [5.41, 5.74) is 0.242. The molecule has 0 unspecified atom stereocenters. The highest BCUT2D eigenvalue weighted by Gasteiger charge is 2.53. The molecule has 3 nitrogen and oxygen atoms in total. The van der Waals surface area contributed by atoms with Gasteiger partial charge >= 0.3 is 5.97 Å². The zero-order valence-corrected chi connectivity index (χ0v) is 10.0. The van der Waals surface area contributed by atoms with Gasteiger partial charge in [-0.05, 0) is 24.6 Å². The van der Waals surface area contributed by atoms with Crippen molar-refractivity contribution in [3.05, 3.63) is 35.4 Å². The molecular formula is C13H14F2O3. The van der Waals surface area contributed by atoms with Gasteiger partial charge in [-0.2, -0.15) is 0 Å². The van der Waals surface area contributed by atoms with Crippen LogP contribution in [0, 0.1) is 17.0 Å². The molecule has 5 heteroatoms. The van der Waals surface area contributed by atoms with Gasteiger partial charge in [-0.1, -0.05) is 6.92 Å². The average molecular weight is 256 g/mol. The first-order chi connectivity index (χ1) is 8.59. The lowest BCUT2D eigenvalue weighted by molar-refractivity contribution is -0.480. The summed E-state index contributed by atoms with van der Waals surface area (Å²) in [6.07, 6.45) is 0.890. The standard InChI is InChI=1S/C13H14F2O3/c1-2-12-6-16-13(17-7-12,18-8-12)9-3-4-10(14)11(15)5-9/h3-5H,2,6-8H2,1H3. The number of fused-ring (bicyclic) bond motifs is 3. The Balaban J connectivity index is 1.91. The van der Waals surface area contributed by atoms with Crippen LogP contribution in [0.3, 0.4) is 0 Å². The summed E-state index contributed by atoms with van der Waals surface area (Å²) >= 11 is 0. The molecule has 1 aromatic rings. The maximum atomic E-state index is 13.3. The van der Waals surface area contributed by atoms with Gasteiger partial charge in [0.15, 0.2) is 11.6 Å². The second-order valence-corrected chi connectivity index (χ2v) is 4.90. The highest BCUT2D eigenvalue weighted by atomic mass is 19.2. The van der Waals surface area contributed by atoms with E-state index in [4.69, 9.17) is 14.2 Å². The second-order valence-electron chi connectivity index (χ2n) is 4.90. The monoisotopic (exact) mass is 256 g/mol. The summed E-state index contributed by atoms with van der Waals surface area (Å²) in [6, 6.07) is 3.52. The van der Waals surface area contributed by atoms with E-state index in [-0.39, 0.29) is 5.41 Å². The Morgan fingerprint density at radius 1 is 1.06 bits per heavy atom. The maximum absolute atomic E-state index is 13.3. The zero-order chi connectivity index (χ0) is 12.8. The zero-order valence-electron chi connectivity index (χ0n) is 10.0.